The monoisotopic (exact) mass is 246 g/mol. The Morgan fingerprint density at radius 3 is 2.72 bits per heavy atom. The summed E-state index contributed by atoms with van der Waals surface area (Å²) in [4.78, 5) is 11.6. The van der Waals surface area contributed by atoms with Crippen LogP contribution in [0.5, 0.6) is 0 Å². The van der Waals surface area contributed by atoms with E-state index in [0.717, 1.165) is 36.5 Å². The summed E-state index contributed by atoms with van der Waals surface area (Å²) >= 11 is 0. The first kappa shape index (κ1) is 12.4. The molecule has 0 aliphatic carbocycles. The van der Waals surface area contributed by atoms with Crippen molar-refractivity contribution in [3.8, 4) is 0 Å². The SMILES string of the molecule is CCCCn1c(Cc2ccc(N)cc2)n[nH]c1=O. The van der Waals surface area contributed by atoms with Crippen LogP contribution >= 0.6 is 0 Å². The number of rotatable bonds is 5. The van der Waals surface area contributed by atoms with Gasteiger partial charge in [-0.2, -0.15) is 5.10 Å². The van der Waals surface area contributed by atoms with Crippen LogP contribution in [0.4, 0.5) is 5.69 Å². The van der Waals surface area contributed by atoms with E-state index in [1.807, 2.05) is 24.3 Å². The minimum Gasteiger partial charge on any atom is -0.399 e. The molecule has 1 aromatic heterocycles. The quantitative estimate of drug-likeness (QED) is 0.786. The van der Waals surface area contributed by atoms with Crippen molar-refractivity contribution in [3.05, 3.63) is 46.1 Å². The molecule has 2 aromatic rings. The number of nitrogen functional groups attached to an aromatic ring is 1. The van der Waals surface area contributed by atoms with Crippen LogP contribution in [-0.4, -0.2) is 14.8 Å². The number of aromatic amines is 1. The summed E-state index contributed by atoms with van der Waals surface area (Å²) in [6.45, 7) is 2.82. The highest BCUT2D eigenvalue weighted by Crippen LogP contribution is 2.09. The molecule has 2 rings (SSSR count). The van der Waals surface area contributed by atoms with Crippen LogP contribution < -0.4 is 11.4 Å². The van der Waals surface area contributed by atoms with Crippen LogP contribution in [0.25, 0.3) is 0 Å². The van der Waals surface area contributed by atoms with Gasteiger partial charge in [0.2, 0.25) is 0 Å². The average molecular weight is 246 g/mol. The van der Waals surface area contributed by atoms with Gasteiger partial charge in [-0.3, -0.25) is 4.57 Å². The zero-order chi connectivity index (χ0) is 13.0. The average Bonchev–Trinajstić information content (AvgIpc) is 2.71. The first-order chi connectivity index (χ1) is 8.70. The molecule has 96 valence electrons. The van der Waals surface area contributed by atoms with Gasteiger partial charge in [0.15, 0.2) is 0 Å². The number of hydrogen-bond donors (Lipinski definition) is 2. The van der Waals surface area contributed by atoms with E-state index in [1.54, 1.807) is 4.57 Å². The Balaban J connectivity index is 2.18. The molecular weight excluding hydrogens is 228 g/mol. The summed E-state index contributed by atoms with van der Waals surface area (Å²) in [6, 6.07) is 7.63. The number of anilines is 1. The molecule has 0 saturated carbocycles. The molecule has 0 aliphatic rings. The van der Waals surface area contributed by atoms with Crippen LogP contribution in [0.15, 0.2) is 29.1 Å². The molecule has 0 saturated heterocycles. The third kappa shape index (κ3) is 2.80. The van der Waals surface area contributed by atoms with Crippen molar-refractivity contribution in [1.29, 1.82) is 0 Å². The van der Waals surface area contributed by atoms with Gasteiger partial charge in [-0.1, -0.05) is 25.5 Å². The minimum absolute atomic E-state index is 0.131. The maximum absolute atomic E-state index is 11.6. The highest BCUT2D eigenvalue weighted by atomic mass is 16.1. The van der Waals surface area contributed by atoms with Gasteiger partial charge in [0, 0.05) is 18.7 Å². The lowest BCUT2D eigenvalue weighted by molar-refractivity contribution is 0.594. The Morgan fingerprint density at radius 1 is 1.33 bits per heavy atom. The van der Waals surface area contributed by atoms with Gasteiger partial charge in [-0.15, -0.1) is 0 Å². The van der Waals surface area contributed by atoms with Crippen molar-refractivity contribution in [2.75, 3.05) is 5.73 Å². The maximum atomic E-state index is 11.6. The normalized spacial score (nSPS) is 10.7. The van der Waals surface area contributed by atoms with Gasteiger partial charge in [0.1, 0.15) is 5.82 Å². The van der Waals surface area contributed by atoms with Crippen molar-refractivity contribution in [1.82, 2.24) is 14.8 Å². The number of nitrogens with one attached hydrogen (secondary N) is 1. The lowest BCUT2D eigenvalue weighted by Gasteiger charge is -2.05. The number of hydrogen-bond acceptors (Lipinski definition) is 3. The van der Waals surface area contributed by atoms with Crippen LogP contribution in [0.3, 0.4) is 0 Å². The van der Waals surface area contributed by atoms with E-state index in [2.05, 4.69) is 17.1 Å². The summed E-state index contributed by atoms with van der Waals surface area (Å²) in [5, 5.41) is 6.59. The van der Waals surface area contributed by atoms with E-state index in [4.69, 9.17) is 5.73 Å². The molecule has 5 nitrogen and oxygen atoms in total. The number of benzene rings is 1. The Kier molecular flexibility index (Phi) is 3.82. The molecule has 0 spiro atoms. The van der Waals surface area contributed by atoms with E-state index in [-0.39, 0.29) is 5.69 Å². The van der Waals surface area contributed by atoms with Crippen LogP contribution in [0.1, 0.15) is 31.2 Å². The smallest absolute Gasteiger partial charge is 0.343 e. The van der Waals surface area contributed by atoms with Gasteiger partial charge in [0.05, 0.1) is 0 Å². The van der Waals surface area contributed by atoms with Crippen LogP contribution in [-0.2, 0) is 13.0 Å². The third-order valence-corrected chi connectivity index (χ3v) is 2.91. The molecule has 0 atom stereocenters. The number of H-pyrrole nitrogens is 1. The Hall–Kier alpha value is -2.04. The zero-order valence-electron chi connectivity index (χ0n) is 10.5. The second-order valence-corrected chi connectivity index (χ2v) is 4.37. The van der Waals surface area contributed by atoms with E-state index in [0.29, 0.717) is 6.42 Å². The topological polar surface area (TPSA) is 76.7 Å². The van der Waals surface area contributed by atoms with Crippen molar-refractivity contribution >= 4 is 5.69 Å². The van der Waals surface area contributed by atoms with Gasteiger partial charge in [-0.05, 0) is 24.1 Å². The summed E-state index contributed by atoms with van der Waals surface area (Å²) < 4.78 is 1.71. The second-order valence-electron chi connectivity index (χ2n) is 4.37. The van der Waals surface area contributed by atoms with Crippen LogP contribution in [0, 0.1) is 0 Å². The zero-order valence-corrected chi connectivity index (χ0v) is 10.5. The lowest BCUT2D eigenvalue weighted by Crippen LogP contribution is -2.19. The van der Waals surface area contributed by atoms with Gasteiger partial charge in [-0.25, -0.2) is 9.89 Å². The van der Waals surface area contributed by atoms with E-state index in [9.17, 15) is 4.79 Å². The van der Waals surface area contributed by atoms with Crippen molar-refractivity contribution in [3.63, 3.8) is 0 Å². The van der Waals surface area contributed by atoms with E-state index < -0.39 is 0 Å². The number of aromatic nitrogens is 3. The lowest BCUT2D eigenvalue weighted by atomic mass is 10.1. The van der Waals surface area contributed by atoms with Crippen molar-refractivity contribution in [2.24, 2.45) is 0 Å². The summed E-state index contributed by atoms with van der Waals surface area (Å²) in [5.41, 5.74) is 7.35. The third-order valence-electron chi connectivity index (χ3n) is 2.91. The predicted octanol–water partition coefficient (Wildman–Crippen LogP) is 1.54. The number of nitrogens with two attached hydrogens (primary N) is 1. The molecule has 0 bridgehead atoms. The molecule has 0 aliphatic heterocycles. The van der Waals surface area contributed by atoms with Gasteiger partial charge < -0.3 is 5.73 Å². The summed E-state index contributed by atoms with van der Waals surface area (Å²) in [7, 11) is 0. The molecule has 0 unspecified atom stereocenters. The van der Waals surface area contributed by atoms with Gasteiger partial charge >= 0.3 is 5.69 Å². The number of unbranched alkanes of at least 4 members (excludes halogenated alkanes) is 1. The first-order valence-electron chi connectivity index (χ1n) is 6.19. The Morgan fingerprint density at radius 2 is 2.06 bits per heavy atom. The molecule has 18 heavy (non-hydrogen) atoms. The van der Waals surface area contributed by atoms with Gasteiger partial charge in [0.25, 0.3) is 0 Å². The summed E-state index contributed by atoms with van der Waals surface area (Å²) in [5.74, 6) is 0.776. The Bertz CT molecular complexity index is 553. The molecular formula is C13H18N4O. The molecule has 0 radical (unpaired) electrons. The molecule has 5 heteroatoms. The Labute approximate surface area is 106 Å². The fourth-order valence-corrected chi connectivity index (χ4v) is 1.85. The van der Waals surface area contributed by atoms with Crippen molar-refractivity contribution in [2.45, 2.75) is 32.7 Å². The second kappa shape index (κ2) is 5.53. The highest BCUT2D eigenvalue weighted by molar-refractivity contribution is 5.39. The molecule has 0 amide bonds. The van der Waals surface area contributed by atoms with Crippen LogP contribution in [0.2, 0.25) is 0 Å². The minimum atomic E-state index is -0.131. The fourth-order valence-electron chi connectivity index (χ4n) is 1.85. The summed E-state index contributed by atoms with van der Waals surface area (Å²) in [6.07, 6.45) is 2.68. The molecule has 0 fully saturated rings. The molecule has 1 aromatic carbocycles. The fraction of sp³-hybridized carbons (Fsp3) is 0.385. The number of nitrogens with zero attached hydrogens (tertiary/aromatic N) is 2. The maximum Gasteiger partial charge on any atom is 0.343 e. The largest absolute Gasteiger partial charge is 0.399 e. The van der Waals surface area contributed by atoms with E-state index in [1.165, 1.54) is 0 Å². The molecule has 3 N–H and O–H groups in total. The predicted molar refractivity (Wildman–Crippen MR) is 71.4 cm³/mol. The van der Waals surface area contributed by atoms with E-state index >= 15 is 0 Å². The highest BCUT2D eigenvalue weighted by Gasteiger charge is 2.08. The molecule has 1 heterocycles. The standard InChI is InChI=1S/C13H18N4O/c1-2-3-8-17-12(15-16-13(17)18)9-10-4-6-11(14)7-5-10/h4-7H,2-3,8-9,14H2,1H3,(H,16,18). The van der Waals surface area contributed by atoms with Crippen molar-refractivity contribution < 1.29 is 0 Å². The first-order valence-corrected chi connectivity index (χ1v) is 6.19.